The van der Waals surface area contributed by atoms with E-state index < -0.39 is 0 Å². The van der Waals surface area contributed by atoms with E-state index in [9.17, 15) is 4.39 Å². The largest absolute Gasteiger partial charge is 0.392 e. The third kappa shape index (κ3) is 1.40. The van der Waals surface area contributed by atoms with Crippen LogP contribution in [0, 0.1) is 19.7 Å². The molecule has 0 bridgehead atoms. The number of benzene rings is 1. The first kappa shape index (κ1) is 8.21. The van der Waals surface area contributed by atoms with Gasteiger partial charge in [-0.25, -0.2) is 4.39 Å². The minimum absolute atomic E-state index is 0.0879. The third-order valence-electron chi connectivity index (χ3n) is 1.92. The Balaban J connectivity index is 3.29. The number of aliphatic hydroxyl groups is 1. The van der Waals surface area contributed by atoms with Gasteiger partial charge >= 0.3 is 0 Å². The van der Waals surface area contributed by atoms with Crippen molar-refractivity contribution in [3.05, 3.63) is 34.6 Å². The van der Waals surface area contributed by atoms with Crippen molar-refractivity contribution < 1.29 is 9.50 Å². The quantitative estimate of drug-likeness (QED) is 0.655. The second-order valence-corrected chi connectivity index (χ2v) is 2.63. The number of rotatable bonds is 1. The summed E-state index contributed by atoms with van der Waals surface area (Å²) in [5.41, 5.74) is 2.18. The molecule has 0 atom stereocenters. The molecule has 1 rings (SSSR count). The molecule has 1 aromatic carbocycles. The van der Waals surface area contributed by atoms with E-state index in [1.54, 1.807) is 13.0 Å². The van der Waals surface area contributed by atoms with Crippen LogP contribution < -0.4 is 0 Å². The van der Waals surface area contributed by atoms with Crippen LogP contribution in [0.25, 0.3) is 0 Å². The molecule has 1 nitrogen and oxygen atoms in total. The van der Waals surface area contributed by atoms with Crippen molar-refractivity contribution in [1.82, 2.24) is 0 Å². The summed E-state index contributed by atoms with van der Waals surface area (Å²) in [5.74, 6) is -0.250. The van der Waals surface area contributed by atoms with Crippen LogP contribution in [0.3, 0.4) is 0 Å². The number of hydrogen-bond donors (Lipinski definition) is 1. The lowest BCUT2D eigenvalue weighted by Crippen LogP contribution is -1.95. The van der Waals surface area contributed by atoms with E-state index in [4.69, 9.17) is 5.11 Å². The Labute approximate surface area is 65.5 Å². The number of hydrogen-bond acceptors (Lipinski definition) is 1. The zero-order chi connectivity index (χ0) is 8.43. The summed E-state index contributed by atoms with van der Waals surface area (Å²) in [4.78, 5) is 0. The standard InChI is InChI=1S/C9H11FO/c1-6-3-4-9(10)7(2)8(6)5-11/h3-4,11H,5H2,1-2H3. The third-order valence-corrected chi connectivity index (χ3v) is 1.92. The fraction of sp³-hybridized carbons (Fsp3) is 0.333. The molecule has 2 heteroatoms. The first-order chi connectivity index (χ1) is 5.16. The summed E-state index contributed by atoms with van der Waals surface area (Å²) in [5, 5.41) is 8.86. The highest BCUT2D eigenvalue weighted by Gasteiger charge is 2.04. The maximum absolute atomic E-state index is 12.8. The van der Waals surface area contributed by atoms with Gasteiger partial charge in [-0.2, -0.15) is 0 Å². The summed E-state index contributed by atoms with van der Waals surface area (Å²) >= 11 is 0. The van der Waals surface area contributed by atoms with Gasteiger partial charge in [-0.1, -0.05) is 6.07 Å². The molecule has 0 fully saturated rings. The van der Waals surface area contributed by atoms with E-state index in [2.05, 4.69) is 0 Å². The molecule has 1 N–H and O–H groups in total. The van der Waals surface area contributed by atoms with Crippen LogP contribution in [0.15, 0.2) is 12.1 Å². The van der Waals surface area contributed by atoms with Crippen molar-refractivity contribution in [2.24, 2.45) is 0 Å². The van der Waals surface area contributed by atoms with Gasteiger partial charge in [0.25, 0.3) is 0 Å². The van der Waals surface area contributed by atoms with Gasteiger partial charge in [0.1, 0.15) is 5.82 Å². The van der Waals surface area contributed by atoms with Crippen LogP contribution in [-0.4, -0.2) is 5.11 Å². The fourth-order valence-corrected chi connectivity index (χ4v) is 1.11. The maximum atomic E-state index is 12.8. The van der Waals surface area contributed by atoms with Crippen molar-refractivity contribution >= 4 is 0 Å². The molecule has 0 aliphatic rings. The first-order valence-electron chi connectivity index (χ1n) is 3.52. The molecule has 0 saturated carbocycles. The van der Waals surface area contributed by atoms with E-state index in [0.717, 1.165) is 5.56 Å². The van der Waals surface area contributed by atoms with Crippen LogP contribution in [0.4, 0.5) is 4.39 Å². The predicted octanol–water partition coefficient (Wildman–Crippen LogP) is 1.93. The van der Waals surface area contributed by atoms with Gasteiger partial charge in [-0.05, 0) is 36.6 Å². The minimum Gasteiger partial charge on any atom is -0.392 e. The van der Waals surface area contributed by atoms with Gasteiger partial charge in [0, 0.05) is 0 Å². The molecule has 60 valence electrons. The zero-order valence-electron chi connectivity index (χ0n) is 6.69. The molecule has 11 heavy (non-hydrogen) atoms. The lowest BCUT2D eigenvalue weighted by atomic mass is 10.0. The molecule has 0 spiro atoms. The molecule has 0 saturated heterocycles. The molecule has 0 unspecified atom stereocenters. The summed E-state index contributed by atoms with van der Waals surface area (Å²) in [6, 6.07) is 3.09. The van der Waals surface area contributed by atoms with Gasteiger partial charge in [-0.15, -0.1) is 0 Å². The van der Waals surface area contributed by atoms with E-state index in [1.165, 1.54) is 6.07 Å². The second kappa shape index (κ2) is 3.01. The van der Waals surface area contributed by atoms with Crippen LogP contribution in [0.5, 0.6) is 0 Å². The topological polar surface area (TPSA) is 20.2 Å². The normalized spacial score (nSPS) is 10.2. The van der Waals surface area contributed by atoms with E-state index >= 15 is 0 Å². The van der Waals surface area contributed by atoms with Crippen molar-refractivity contribution in [2.75, 3.05) is 0 Å². The van der Waals surface area contributed by atoms with Crippen molar-refractivity contribution in [1.29, 1.82) is 0 Å². The molecular weight excluding hydrogens is 143 g/mol. The Morgan fingerprint density at radius 1 is 1.36 bits per heavy atom. The van der Waals surface area contributed by atoms with Crippen molar-refractivity contribution in [3.63, 3.8) is 0 Å². The van der Waals surface area contributed by atoms with Gasteiger partial charge in [0.05, 0.1) is 6.61 Å². The summed E-state index contributed by atoms with van der Waals surface area (Å²) in [7, 11) is 0. The Morgan fingerprint density at radius 2 is 2.00 bits per heavy atom. The van der Waals surface area contributed by atoms with E-state index in [-0.39, 0.29) is 12.4 Å². The zero-order valence-corrected chi connectivity index (χ0v) is 6.69. The van der Waals surface area contributed by atoms with E-state index in [1.807, 2.05) is 6.92 Å². The highest BCUT2D eigenvalue weighted by Crippen LogP contribution is 2.16. The van der Waals surface area contributed by atoms with Crippen LogP contribution >= 0.6 is 0 Å². The molecule has 0 amide bonds. The SMILES string of the molecule is Cc1ccc(F)c(C)c1CO. The molecule has 0 radical (unpaired) electrons. The average molecular weight is 154 g/mol. The molecule has 1 aromatic rings. The Hall–Kier alpha value is -0.890. The van der Waals surface area contributed by atoms with Gasteiger partial charge < -0.3 is 5.11 Å². The van der Waals surface area contributed by atoms with Gasteiger partial charge in [0.15, 0.2) is 0 Å². The lowest BCUT2D eigenvalue weighted by molar-refractivity contribution is 0.279. The molecule has 0 heterocycles. The smallest absolute Gasteiger partial charge is 0.126 e. The monoisotopic (exact) mass is 154 g/mol. The van der Waals surface area contributed by atoms with Gasteiger partial charge in [-0.3, -0.25) is 0 Å². The van der Waals surface area contributed by atoms with Crippen LogP contribution in [0.1, 0.15) is 16.7 Å². The number of aryl methyl sites for hydroxylation is 1. The molecule has 0 aliphatic heterocycles. The predicted molar refractivity (Wildman–Crippen MR) is 41.8 cm³/mol. The van der Waals surface area contributed by atoms with Crippen molar-refractivity contribution in [3.8, 4) is 0 Å². The average Bonchev–Trinajstić information content (AvgIpc) is 1.99. The highest BCUT2D eigenvalue weighted by molar-refractivity contribution is 5.33. The van der Waals surface area contributed by atoms with Gasteiger partial charge in [0.2, 0.25) is 0 Å². The Kier molecular flexibility index (Phi) is 2.25. The maximum Gasteiger partial charge on any atom is 0.126 e. The number of halogens is 1. The number of aliphatic hydroxyl groups excluding tert-OH is 1. The summed E-state index contributed by atoms with van der Waals surface area (Å²) in [6.07, 6.45) is 0. The van der Waals surface area contributed by atoms with Crippen molar-refractivity contribution in [2.45, 2.75) is 20.5 Å². The summed E-state index contributed by atoms with van der Waals surface area (Å²) < 4.78 is 12.8. The molecule has 0 aromatic heterocycles. The van der Waals surface area contributed by atoms with E-state index in [0.29, 0.717) is 11.1 Å². The highest BCUT2D eigenvalue weighted by atomic mass is 19.1. The Bertz CT molecular complexity index is 269. The fourth-order valence-electron chi connectivity index (χ4n) is 1.11. The molecule has 0 aliphatic carbocycles. The van der Waals surface area contributed by atoms with Crippen LogP contribution in [0.2, 0.25) is 0 Å². The molecular formula is C9H11FO. The first-order valence-corrected chi connectivity index (χ1v) is 3.52. The summed E-state index contributed by atoms with van der Waals surface area (Å²) in [6.45, 7) is 3.45. The van der Waals surface area contributed by atoms with Crippen LogP contribution in [-0.2, 0) is 6.61 Å². The Morgan fingerprint density at radius 3 is 2.45 bits per heavy atom. The minimum atomic E-state index is -0.250. The second-order valence-electron chi connectivity index (χ2n) is 2.63. The lowest BCUT2D eigenvalue weighted by Gasteiger charge is -2.06.